The zero-order valence-electron chi connectivity index (χ0n) is 18.3. The number of fused-ring (bicyclic) bond motifs is 1. The lowest BCUT2D eigenvalue weighted by Gasteiger charge is -2.18. The Labute approximate surface area is 200 Å². The van der Waals surface area contributed by atoms with Gasteiger partial charge in [0.1, 0.15) is 5.82 Å². The summed E-state index contributed by atoms with van der Waals surface area (Å²) in [5.41, 5.74) is 1.70. The molecule has 1 fully saturated rings. The lowest BCUT2D eigenvalue weighted by Crippen LogP contribution is -2.31. The molecule has 5 rings (SSSR count). The number of carbonyl (C=O) groups excluding carboxylic acids is 1. The van der Waals surface area contributed by atoms with Gasteiger partial charge < -0.3 is 15.2 Å². The van der Waals surface area contributed by atoms with Crippen molar-refractivity contribution >= 4 is 34.7 Å². The Morgan fingerprint density at radius 3 is 2.65 bits per heavy atom. The molecule has 0 saturated carbocycles. The Bertz CT molecular complexity index is 1480. The topological polar surface area (TPSA) is 70.1 Å². The molecule has 1 atom stereocenters. The van der Waals surface area contributed by atoms with Crippen molar-refractivity contribution in [2.24, 2.45) is 5.92 Å². The van der Waals surface area contributed by atoms with Gasteiger partial charge in [-0.15, -0.1) is 0 Å². The van der Waals surface area contributed by atoms with Gasteiger partial charge in [-0.2, -0.15) is 0 Å². The van der Waals surface area contributed by atoms with E-state index in [2.05, 4.69) is 27.3 Å². The molecule has 0 aliphatic carbocycles. The molecule has 2 heterocycles. The van der Waals surface area contributed by atoms with Gasteiger partial charge in [0.05, 0.1) is 16.6 Å². The third-order valence-corrected chi connectivity index (χ3v) is 6.50. The van der Waals surface area contributed by atoms with Crippen LogP contribution in [0, 0.1) is 16.5 Å². The van der Waals surface area contributed by atoms with Crippen molar-refractivity contribution in [3.8, 4) is 5.69 Å². The number of hydrogen-bond donors (Lipinski definition) is 2. The Hall–Kier alpha value is -3.78. The number of hydrogen-bond acceptors (Lipinski definition) is 4. The van der Waals surface area contributed by atoms with Crippen molar-refractivity contribution in [1.29, 1.82) is 0 Å². The number of aromatic nitrogens is 2. The molecule has 0 radical (unpaired) electrons. The number of H-pyrrole nitrogens is 1. The van der Waals surface area contributed by atoms with E-state index < -0.39 is 11.4 Å². The van der Waals surface area contributed by atoms with Crippen molar-refractivity contribution in [2.75, 3.05) is 24.5 Å². The van der Waals surface area contributed by atoms with Crippen LogP contribution in [0.25, 0.3) is 16.6 Å². The molecule has 0 bridgehead atoms. The van der Waals surface area contributed by atoms with Crippen molar-refractivity contribution in [2.45, 2.75) is 6.42 Å². The van der Waals surface area contributed by atoms with Gasteiger partial charge in [-0.05, 0) is 67.0 Å². The van der Waals surface area contributed by atoms with Gasteiger partial charge in [0.2, 0.25) is 0 Å². The van der Waals surface area contributed by atoms with Crippen LogP contribution >= 0.6 is 12.2 Å². The number of benzene rings is 3. The maximum Gasteiger partial charge on any atom is 0.266 e. The Kier molecular flexibility index (Phi) is 5.98. The fourth-order valence-corrected chi connectivity index (χ4v) is 4.71. The second kappa shape index (κ2) is 9.23. The highest BCUT2D eigenvalue weighted by Gasteiger charge is 2.23. The predicted molar refractivity (Wildman–Crippen MR) is 134 cm³/mol. The summed E-state index contributed by atoms with van der Waals surface area (Å²) in [6.07, 6.45) is 1.01. The molecule has 1 unspecified atom stereocenters. The Balaban J connectivity index is 1.32. The number of para-hydroxylation sites is 2. The van der Waals surface area contributed by atoms with Gasteiger partial charge in [-0.3, -0.25) is 9.59 Å². The zero-order chi connectivity index (χ0) is 23.7. The van der Waals surface area contributed by atoms with E-state index >= 15 is 0 Å². The smallest absolute Gasteiger partial charge is 0.266 e. The van der Waals surface area contributed by atoms with Crippen molar-refractivity contribution in [1.82, 2.24) is 14.9 Å². The van der Waals surface area contributed by atoms with Gasteiger partial charge in [-0.25, -0.2) is 8.96 Å². The number of nitrogens with one attached hydrogen (secondary N) is 2. The normalized spacial score (nSPS) is 15.6. The van der Waals surface area contributed by atoms with Crippen LogP contribution in [-0.4, -0.2) is 35.1 Å². The third kappa shape index (κ3) is 4.24. The molecule has 1 aliphatic rings. The first-order valence-corrected chi connectivity index (χ1v) is 11.5. The molecular formula is C26H23FN4O2S. The summed E-state index contributed by atoms with van der Waals surface area (Å²) >= 11 is 5.33. The largest absolute Gasteiger partial charge is 0.371 e. The van der Waals surface area contributed by atoms with Crippen LogP contribution in [0.5, 0.6) is 0 Å². The third-order valence-electron chi connectivity index (χ3n) is 6.21. The molecule has 1 aliphatic heterocycles. The van der Waals surface area contributed by atoms with E-state index in [0.717, 1.165) is 24.1 Å². The maximum absolute atomic E-state index is 14.3. The average molecular weight is 475 g/mol. The quantitative estimate of drug-likeness (QED) is 0.420. The predicted octanol–water partition coefficient (Wildman–Crippen LogP) is 4.44. The van der Waals surface area contributed by atoms with E-state index in [1.165, 1.54) is 17.8 Å². The lowest BCUT2D eigenvalue weighted by molar-refractivity contribution is 0.0948. The Morgan fingerprint density at radius 1 is 1.09 bits per heavy atom. The SMILES string of the molecule is O=C(NCC1CCN(c2ccccc2)C1)c1ccc2c(=O)n(-c3ccccc3F)c(=S)[nH]c2c1. The first-order valence-electron chi connectivity index (χ1n) is 11.1. The summed E-state index contributed by atoms with van der Waals surface area (Å²) in [4.78, 5) is 31.1. The number of nitrogens with zero attached hydrogens (tertiary/aromatic N) is 2. The standard InChI is InChI=1S/C26H23FN4O2S/c27-21-8-4-5-9-23(21)31-25(33)20-11-10-18(14-22(20)29-26(31)34)24(32)28-15-17-12-13-30(16-17)19-6-2-1-3-7-19/h1-11,14,17H,12-13,15-16H2,(H,28,32)(H,29,34). The van der Waals surface area contributed by atoms with Crippen molar-refractivity contribution in [3.05, 3.63) is 99.3 Å². The fraction of sp³-hybridized carbons (Fsp3) is 0.192. The molecule has 1 amide bonds. The van der Waals surface area contributed by atoms with Crippen LogP contribution in [0.2, 0.25) is 0 Å². The molecule has 172 valence electrons. The van der Waals surface area contributed by atoms with Crippen LogP contribution in [0.15, 0.2) is 77.6 Å². The number of anilines is 1. The summed E-state index contributed by atoms with van der Waals surface area (Å²) in [6.45, 7) is 2.43. The lowest BCUT2D eigenvalue weighted by atomic mass is 10.1. The minimum Gasteiger partial charge on any atom is -0.371 e. The van der Waals surface area contributed by atoms with Crippen LogP contribution in [0.4, 0.5) is 10.1 Å². The molecule has 3 aromatic carbocycles. The van der Waals surface area contributed by atoms with Crippen LogP contribution in [0.1, 0.15) is 16.8 Å². The van der Waals surface area contributed by atoms with Crippen LogP contribution in [-0.2, 0) is 0 Å². The van der Waals surface area contributed by atoms with E-state index in [4.69, 9.17) is 12.2 Å². The van der Waals surface area contributed by atoms with E-state index in [-0.39, 0.29) is 16.4 Å². The number of aromatic amines is 1. The number of carbonyl (C=O) groups is 1. The highest BCUT2D eigenvalue weighted by Crippen LogP contribution is 2.23. The zero-order valence-corrected chi connectivity index (χ0v) is 19.1. The summed E-state index contributed by atoms with van der Waals surface area (Å²) < 4.78 is 15.5. The fourth-order valence-electron chi connectivity index (χ4n) is 4.42. The number of rotatable bonds is 5. The average Bonchev–Trinajstić information content (AvgIpc) is 3.33. The highest BCUT2D eigenvalue weighted by atomic mass is 32.1. The molecule has 0 spiro atoms. The molecule has 8 heteroatoms. The van der Waals surface area contributed by atoms with E-state index in [1.807, 2.05) is 18.2 Å². The second-order valence-electron chi connectivity index (χ2n) is 8.43. The highest BCUT2D eigenvalue weighted by molar-refractivity contribution is 7.71. The summed E-state index contributed by atoms with van der Waals surface area (Å²) in [6, 6.07) is 21.0. The minimum atomic E-state index is -0.544. The molecule has 6 nitrogen and oxygen atoms in total. The molecule has 34 heavy (non-hydrogen) atoms. The Morgan fingerprint density at radius 2 is 1.85 bits per heavy atom. The summed E-state index contributed by atoms with van der Waals surface area (Å²) in [5.74, 6) is -0.391. The van der Waals surface area contributed by atoms with Gasteiger partial charge in [0.25, 0.3) is 11.5 Å². The first-order chi connectivity index (χ1) is 16.5. The van der Waals surface area contributed by atoms with Crippen LogP contribution < -0.4 is 15.8 Å². The molecule has 1 saturated heterocycles. The van der Waals surface area contributed by atoms with E-state index in [9.17, 15) is 14.0 Å². The van der Waals surface area contributed by atoms with Crippen molar-refractivity contribution in [3.63, 3.8) is 0 Å². The second-order valence-corrected chi connectivity index (χ2v) is 8.82. The molecule has 2 N–H and O–H groups in total. The minimum absolute atomic E-state index is 0.0621. The van der Waals surface area contributed by atoms with E-state index in [0.29, 0.717) is 28.9 Å². The number of halogens is 1. The van der Waals surface area contributed by atoms with Gasteiger partial charge in [-0.1, -0.05) is 30.3 Å². The summed E-state index contributed by atoms with van der Waals surface area (Å²) in [5, 5.41) is 3.34. The van der Waals surface area contributed by atoms with Gasteiger partial charge in [0.15, 0.2) is 4.77 Å². The van der Waals surface area contributed by atoms with Gasteiger partial charge >= 0.3 is 0 Å². The molecule has 1 aromatic heterocycles. The van der Waals surface area contributed by atoms with Crippen LogP contribution in [0.3, 0.4) is 0 Å². The monoisotopic (exact) mass is 474 g/mol. The van der Waals surface area contributed by atoms with Crippen molar-refractivity contribution < 1.29 is 9.18 Å². The van der Waals surface area contributed by atoms with E-state index in [1.54, 1.807) is 30.3 Å². The first kappa shape index (κ1) is 22.0. The van der Waals surface area contributed by atoms with Gasteiger partial charge in [0, 0.05) is 30.9 Å². The maximum atomic E-state index is 14.3. The molecule has 4 aromatic rings. The summed E-state index contributed by atoms with van der Waals surface area (Å²) in [7, 11) is 0. The number of amides is 1. The molecular weight excluding hydrogens is 451 g/mol.